The van der Waals surface area contributed by atoms with Gasteiger partial charge in [0.05, 0.1) is 24.8 Å². The highest BCUT2D eigenvalue weighted by molar-refractivity contribution is 7.17. The van der Waals surface area contributed by atoms with Crippen LogP contribution in [0.15, 0.2) is 54.8 Å². The monoisotopic (exact) mass is 413 g/mol. The van der Waals surface area contributed by atoms with E-state index in [9.17, 15) is 14.4 Å². The van der Waals surface area contributed by atoms with Gasteiger partial charge in [-0.25, -0.2) is 4.79 Å². The zero-order valence-electron chi connectivity index (χ0n) is 15.9. The Hall–Kier alpha value is -3.33. The molecule has 0 atom stereocenters. The summed E-state index contributed by atoms with van der Waals surface area (Å²) in [4.78, 5) is 43.9. The summed E-state index contributed by atoms with van der Waals surface area (Å²) in [6, 6.07) is 4.83. The van der Waals surface area contributed by atoms with Crippen LogP contribution in [-0.4, -0.2) is 21.1 Å². The van der Waals surface area contributed by atoms with Gasteiger partial charge in [-0.2, -0.15) is 0 Å². The van der Waals surface area contributed by atoms with Gasteiger partial charge in [-0.15, -0.1) is 11.3 Å². The van der Waals surface area contributed by atoms with E-state index < -0.39 is 11.2 Å². The highest BCUT2D eigenvalue weighted by atomic mass is 32.1. The number of ether oxygens (including phenoxy) is 1. The first kappa shape index (κ1) is 19.0. The molecule has 9 heteroatoms. The molecule has 4 rings (SSSR count). The number of hydrogen-bond acceptors (Lipinski definition) is 6. The number of H-pyrrole nitrogens is 2. The van der Waals surface area contributed by atoms with E-state index >= 15 is 0 Å². The minimum Gasteiger partial charge on any atom is -0.488 e. The summed E-state index contributed by atoms with van der Waals surface area (Å²) in [6.07, 6.45) is 2.98. The number of fused-ring (bicyclic) bond motifs is 1. The summed E-state index contributed by atoms with van der Waals surface area (Å²) in [5.74, 6) is 1.04. The smallest absolute Gasteiger partial charge is 0.329 e. The van der Waals surface area contributed by atoms with Crippen molar-refractivity contribution in [3.8, 4) is 17.1 Å². The fourth-order valence-corrected chi connectivity index (χ4v) is 3.87. The summed E-state index contributed by atoms with van der Waals surface area (Å²) < 4.78 is 11.9. The molecule has 0 saturated heterocycles. The van der Waals surface area contributed by atoms with Crippen LogP contribution in [0.25, 0.3) is 21.5 Å². The highest BCUT2D eigenvalue weighted by Crippen LogP contribution is 2.30. The van der Waals surface area contributed by atoms with Crippen LogP contribution in [0.2, 0.25) is 0 Å². The summed E-state index contributed by atoms with van der Waals surface area (Å²) in [5.41, 5.74) is -0.255. The van der Waals surface area contributed by atoms with Crippen molar-refractivity contribution in [3.05, 3.63) is 72.8 Å². The second-order valence-corrected chi connectivity index (χ2v) is 7.92. The number of hydrogen-bond donors (Lipinski definition) is 2. The molecule has 0 aliphatic rings. The van der Waals surface area contributed by atoms with Crippen molar-refractivity contribution < 1.29 is 9.15 Å². The van der Waals surface area contributed by atoms with E-state index in [0.29, 0.717) is 33.8 Å². The Morgan fingerprint density at radius 2 is 2.10 bits per heavy atom. The highest BCUT2D eigenvalue weighted by Gasteiger charge is 2.17. The summed E-state index contributed by atoms with van der Waals surface area (Å²) in [5, 5.41) is 2.15. The van der Waals surface area contributed by atoms with E-state index in [1.807, 2.05) is 13.8 Å². The topological polar surface area (TPSA) is 110 Å². The van der Waals surface area contributed by atoms with Crippen molar-refractivity contribution in [2.45, 2.75) is 20.4 Å². The average Bonchev–Trinajstić information content (AvgIpc) is 3.33. The molecular weight excluding hydrogens is 394 g/mol. The first-order valence-electron chi connectivity index (χ1n) is 9.06. The number of aromatic nitrogens is 3. The number of rotatable bonds is 6. The molecule has 0 unspecified atom stereocenters. The van der Waals surface area contributed by atoms with Crippen molar-refractivity contribution in [1.29, 1.82) is 0 Å². The lowest BCUT2D eigenvalue weighted by molar-refractivity contribution is 0.267. The van der Waals surface area contributed by atoms with Crippen molar-refractivity contribution in [2.75, 3.05) is 6.61 Å². The molecule has 0 saturated carbocycles. The normalized spacial score (nSPS) is 11.4. The van der Waals surface area contributed by atoms with Crippen LogP contribution >= 0.6 is 11.3 Å². The van der Waals surface area contributed by atoms with E-state index in [0.717, 1.165) is 4.57 Å². The van der Waals surface area contributed by atoms with Crippen LogP contribution in [0.3, 0.4) is 0 Å². The van der Waals surface area contributed by atoms with E-state index in [4.69, 9.17) is 9.15 Å². The van der Waals surface area contributed by atoms with Gasteiger partial charge in [0.2, 0.25) is 5.43 Å². The Kier molecular flexibility index (Phi) is 4.98. The minimum atomic E-state index is -0.545. The van der Waals surface area contributed by atoms with Gasteiger partial charge in [0.15, 0.2) is 5.75 Å². The van der Waals surface area contributed by atoms with Gasteiger partial charge in [-0.3, -0.25) is 19.1 Å². The van der Waals surface area contributed by atoms with Crippen LogP contribution in [-0.2, 0) is 6.54 Å². The summed E-state index contributed by atoms with van der Waals surface area (Å²) >= 11 is 1.26. The molecule has 0 amide bonds. The van der Waals surface area contributed by atoms with Crippen molar-refractivity contribution >= 4 is 21.6 Å². The lowest BCUT2D eigenvalue weighted by Crippen LogP contribution is -2.35. The third kappa shape index (κ3) is 3.68. The van der Waals surface area contributed by atoms with Gasteiger partial charge in [0, 0.05) is 28.9 Å². The quantitative estimate of drug-likeness (QED) is 0.505. The number of aromatic amines is 2. The van der Waals surface area contributed by atoms with Crippen molar-refractivity contribution in [3.63, 3.8) is 0 Å². The maximum Gasteiger partial charge on any atom is 0.329 e. The maximum absolute atomic E-state index is 13.1. The molecule has 29 heavy (non-hydrogen) atoms. The number of thiophene rings is 1. The second-order valence-electron chi connectivity index (χ2n) is 7.04. The van der Waals surface area contributed by atoms with Gasteiger partial charge in [0.1, 0.15) is 10.6 Å². The molecule has 2 N–H and O–H groups in total. The molecular formula is C20H19N3O5S. The van der Waals surface area contributed by atoms with E-state index in [-0.39, 0.29) is 23.6 Å². The molecule has 0 radical (unpaired) electrons. The van der Waals surface area contributed by atoms with Crippen LogP contribution in [0, 0.1) is 5.92 Å². The molecule has 0 aromatic carbocycles. The van der Waals surface area contributed by atoms with E-state index in [1.165, 1.54) is 29.9 Å². The van der Waals surface area contributed by atoms with Gasteiger partial charge in [0.25, 0.3) is 5.56 Å². The fraction of sp³-hybridized carbons (Fsp3) is 0.250. The molecule has 8 nitrogen and oxygen atoms in total. The van der Waals surface area contributed by atoms with Gasteiger partial charge < -0.3 is 14.1 Å². The lowest BCUT2D eigenvalue weighted by Gasteiger charge is -2.09. The first-order valence-corrected chi connectivity index (χ1v) is 9.94. The predicted molar refractivity (Wildman–Crippen MR) is 111 cm³/mol. The van der Waals surface area contributed by atoms with Gasteiger partial charge in [-0.1, -0.05) is 13.8 Å². The molecule has 0 aliphatic heterocycles. The first-order chi connectivity index (χ1) is 13.9. The molecule has 0 bridgehead atoms. The van der Waals surface area contributed by atoms with Crippen LogP contribution < -0.4 is 21.4 Å². The zero-order chi connectivity index (χ0) is 20.5. The third-order valence-corrected chi connectivity index (χ3v) is 5.24. The molecule has 4 aromatic heterocycles. The van der Waals surface area contributed by atoms with Crippen LogP contribution in [0.1, 0.15) is 19.5 Å². The Balaban J connectivity index is 1.72. The van der Waals surface area contributed by atoms with Gasteiger partial charge in [-0.05, 0) is 18.1 Å². The molecule has 0 aliphatic carbocycles. The standard InChI is InChI=1S/C20H19N3O5S/c1-11(2)9-28-16-7-21-12(6-14(16)24)8-23-19(25)17-13(15-4-3-5-27-15)10-29-18(17)22-20(23)26/h3-7,10-11H,8-9H2,1-2H3,(H,21,24)(H,22,26). The summed E-state index contributed by atoms with van der Waals surface area (Å²) in [6.45, 7) is 4.32. The Morgan fingerprint density at radius 3 is 2.79 bits per heavy atom. The minimum absolute atomic E-state index is 0.0722. The largest absolute Gasteiger partial charge is 0.488 e. The molecule has 4 heterocycles. The van der Waals surface area contributed by atoms with Crippen LogP contribution in [0.4, 0.5) is 0 Å². The van der Waals surface area contributed by atoms with E-state index in [2.05, 4.69) is 9.97 Å². The Bertz CT molecular complexity index is 1320. The van der Waals surface area contributed by atoms with Gasteiger partial charge >= 0.3 is 5.69 Å². The second kappa shape index (κ2) is 7.59. The third-order valence-electron chi connectivity index (χ3n) is 4.34. The van der Waals surface area contributed by atoms with Crippen molar-refractivity contribution in [2.24, 2.45) is 5.92 Å². The lowest BCUT2D eigenvalue weighted by atomic mass is 10.2. The average molecular weight is 413 g/mol. The Labute approximate surface area is 168 Å². The predicted octanol–water partition coefficient (Wildman–Crippen LogP) is 2.78. The maximum atomic E-state index is 13.1. The van der Waals surface area contributed by atoms with Crippen LogP contribution in [0.5, 0.6) is 5.75 Å². The molecule has 150 valence electrons. The summed E-state index contributed by atoms with van der Waals surface area (Å²) in [7, 11) is 0. The number of nitrogens with one attached hydrogen (secondary N) is 2. The molecule has 0 fully saturated rings. The fourth-order valence-electron chi connectivity index (χ4n) is 2.94. The Morgan fingerprint density at radius 1 is 1.28 bits per heavy atom. The number of nitrogens with zero attached hydrogens (tertiary/aromatic N) is 1. The van der Waals surface area contributed by atoms with E-state index in [1.54, 1.807) is 17.5 Å². The zero-order valence-corrected chi connectivity index (χ0v) is 16.7. The number of pyridine rings is 1. The SMILES string of the molecule is CC(C)COc1c[nH]c(Cn2c(=O)[nH]c3scc(-c4ccco4)c3c2=O)cc1=O. The number of furan rings is 1. The van der Waals surface area contributed by atoms with Crippen molar-refractivity contribution in [1.82, 2.24) is 14.5 Å². The molecule has 0 spiro atoms. The molecule has 4 aromatic rings.